The van der Waals surface area contributed by atoms with Crippen molar-refractivity contribution in [3.8, 4) is 0 Å². The zero-order valence-corrected chi connectivity index (χ0v) is 15.7. The maximum absolute atomic E-state index is 13.2. The number of nitrogens with one attached hydrogen (secondary N) is 1. The number of nitrogens with zero attached hydrogens (tertiary/aromatic N) is 3. The molecule has 142 valence electrons. The number of amides is 3. The maximum Gasteiger partial charge on any atom is 0.249 e. The smallest absolute Gasteiger partial charge is 0.249 e. The lowest BCUT2D eigenvalue weighted by atomic mass is 9.85. The second kappa shape index (κ2) is 6.63. The van der Waals surface area contributed by atoms with Crippen molar-refractivity contribution in [2.75, 3.05) is 5.32 Å². The number of fused-ring (bicyclic) bond motifs is 5. The molecular weight excluding hydrogens is 376 g/mol. The summed E-state index contributed by atoms with van der Waals surface area (Å²) in [5.41, 5.74) is 2.40. The number of rotatable bonds is 5. The lowest BCUT2D eigenvalue weighted by Crippen LogP contribution is -2.49. The fourth-order valence-electron chi connectivity index (χ4n) is 4.79. The highest BCUT2D eigenvalue weighted by Gasteiger charge is 2.61. The normalized spacial score (nSPS) is 28.6. The standard InChI is InChI=1S/C20H18N4O3S/c25-17(22-20-23-21-10-28-20)14(8-11-4-2-1-3-5-11)24-18(26)15-12-6-7-13(9-12)16(15)19(24)27/h1-7,10,12-16H,8-9H2,(H,22,23,25). The van der Waals surface area contributed by atoms with Crippen LogP contribution in [0.2, 0.25) is 0 Å². The van der Waals surface area contributed by atoms with E-state index in [0.29, 0.717) is 5.13 Å². The zero-order chi connectivity index (χ0) is 19.3. The first-order valence-corrected chi connectivity index (χ1v) is 10.2. The average molecular weight is 394 g/mol. The number of carbonyl (C=O) groups is 3. The van der Waals surface area contributed by atoms with Crippen LogP contribution in [-0.4, -0.2) is 38.9 Å². The van der Waals surface area contributed by atoms with Gasteiger partial charge in [0.25, 0.3) is 0 Å². The minimum Gasteiger partial charge on any atom is -0.299 e. The number of carbonyl (C=O) groups excluding carboxylic acids is 3. The quantitative estimate of drug-likeness (QED) is 0.618. The largest absolute Gasteiger partial charge is 0.299 e. The summed E-state index contributed by atoms with van der Waals surface area (Å²) in [7, 11) is 0. The topological polar surface area (TPSA) is 92.3 Å². The summed E-state index contributed by atoms with van der Waals surface area (Å²) in [6, 6.07) is 8.52. The van der Waals surface area contributed by atoms with Gasteiger partial charge in [-0.3, -0.25) is 24.6 Å². The summed E-state index contributed by atoms with van der Waals surface area (Å²) in [5, 5.41) is 10.6. The summed E-state index contributed by atoms with van der Waals surface area (Å²) in [6.07, 6.45) is 5.23. The van der Waals surface area contributed by atoms with Gasteiger partial charge < -0.3 is 0 Å². The van der Waals surface area contributed by atoms with Gasteiger partial charge in [-0.1, -0.05) is 53.8 Å². The zero-order valence-electron chi connectivity index (χ0n) is 14.9. The Morgan fingerprint density at radius 1 is 1.14 bits per heavy atom. The van der Waals surface area contributed by atoms with Crippen molar-refractivity contribution in [1.29, 1.82) is 0 Å². The van der Waals surface area contributed by atoms with E-state index >= 15 is 0 Å². The maximum atomic E-state index is 13.2. The Bertz CT molecular complexity index is 929. The van der Waals surface area contributed by atoms with Gasteiger partial charge in [0.15, 0.2) is 0 Å². The molecule has 5 atom stereocenters. The molecule has 5 rings (SSSR count). The third kappa shape index (κ3) is 2.67. The molecule has 1 aromatic heterocycles. The first kappa shape index (κ1) is 17.2. The number of imide groups is 1. The lowest BCUT2D eigenvalue weighted by Gasteiger charge is -2.26. The minimum absolute atomic E-state index is 0.111. The lowest BCUT2D eigenvalue weighted by molar-refractivity contribution is -0.147. The van der Waals surface area contributed by atoms with Gasteiger partial charge >= 0.3 is 0 Å². The molecule has 0 radical (unpaired) electrons. The van der Waals surface area contributed by atoms with E-state index < -0.39 is 11.9 Å². The average Bonchev–Trinajstić information content (AvgIpc) is 3.47. The summed E-state index contributed by atoms with van der Waals surface area (Å²) in [5.74, 6) is -1.28. The van der Waals surface area contributed by atoms with Crippen LogP contribution in [0.1, 0.15) is 12.0 Å². The molecule has 5 unspecified atom stereocenters. The monoisotopic (exact) mass is 394 g/mol. The Morgan fingerprint density at radius 3 is 2.43 bits per heavy atom. The highest BCUT2D eigenvalue weighted by atomic mass is 32.1. The van der Waals surface area contributed by atoms with Crippen LogP contribution in [0.5, 0.6) is 0 Å². The predicted molar refractivity (Wildman–Crippen MR) is 102 cm³/mol. The summed E-state index contributed by atoms with van der Waals surface area (Å²) in [6.45, 7) is 0. The molecule has 1 N–H and O–H groups in total. The molecule has 0 spiro atoms. The fourth-order valence-corrected chi connectivity index (χ4v) is 5.24. The van der Waals surface area contributed by atoms with Gasteiger partial charge in [0.05, 0.1) is 11.8 Å². The van der Waals surface area contributed by atoms with Crippen molar-refractivity contribution < 1.29 is 14.4 Å². The van der Waals surface area contributed by atoms with Crippen LogP contribution in [0.25, 0.3) is 0 Å². The molecule has 2 bridgehead atoms. The van der Waals surface area contributed by atoms with E-state index in [0.717, 1.165) is 12.0 Å². The second-order valence-electron chi connectivity index (χ2n) is 7.49. The van der Waals surface area contributed by atoms with Crippen molar-refractivity contribution in [3.05, 3.63) is 53.6 Å². The van der Waals surface area contributed by atoms with Crippen molar-refractivity contribution in [3.63, 3.8) is 0 Å². The Kier molecular flexibility index (Phi) is 4.08. The number of benzene rings is 1. The molecule has 7 nitrogen and oxygen atoms in total. The van der Waals surface area contributed by atoms with Crippen LogP contribution in [0, 0.1) is 23.7 Å². The second-order valence-corrected chi connectivity index (χ2v) is 8.32. The molecule has 1 saturated carbocycles. The number of hydrogen-bond donors (Lipinski definition) is 1. The molecule has 2 heterocycles. The number of anilines is 1. The van der Waals surface area contributed by atoms with Crippen LogP contribution in [0.3, 0.4) is 0 Å². The van der Waals surface area contributed by atoms with Gasteiger partial charge in [-0.25, -0.2) is 0 Å². The van der Waals surface area contributed by atoms with E-state index in [4.69, 9.17) is 0 Å². The first-order chi connectivity index (χ1) is 13.6. The minimum atomic E-state index is -0.906. The third-order valence-corrected chi connectivity index (χ3v) is 6.59. The highest BCUT2D eigenvalue weighted by molar-refractivity contribution is 7.13. The van der Waals surface area contributed by atoms with Crippen molar-refractivity contribution >= 4 is 34.2 Å². The number of aromatic nitrogens is 2. The van der Waals surface area contributed by atoms with Crippen LogP contribution in [0.15, 0.2) is 48.0 Å². The fraction of sp³-hybridized carbons (Fsp3) is 0.350. The van der Waals surface area contributed by atoms with Gasteiger partial charge in [-0.05, 0) is 23.8 Å². The molecule has 3 amide bonds. The Labute approximate surface area is 165 Å². The van der Waals surface area contributed by atoms with E-state index in [1.807, 2.05) is 42.5 Å². The number of allylic oxidation sites excluding steroid dienone is 2. The van der Waals surface area contributed by atoms with E-state index in [2.05, 4.69) is 15.5 Å². The van der Waals surface area contributed by atoms with E-state index in [-0.39, 0.29) is 41.9 Å². The molecule has 1 saturated heterocycles. The summed E-state index contributed by atoms with van der Waals surface area (Å²) < 4.78 is 0. The number of hydrogen-bond acceptors (Lipinski definition) is 6. The third-order valence-electron chi connectivity index (χ3n) is 5.98. The Balaban J connectivity index is 1.46. The Hall–Kier alpha value is -2.87. The first-order valence-electron chi connectivity index (χ1n) is 9.29. The predicted octanol–water partition coefficient (Wildman–Crippen LogP) is 1.89. The molecule has 3 aliphatic rings. The molecule has 1 aliphatic heterocycles. The SMILES string of the molecule is O=C(Nc1nncs1)C(Cc1ccccc1)N1C(=O)C2C3C=CC(C3)C2C1=O. The van der Waals surface area contributed by atoms with Crippen LogP contribution in [0.4, 0.5) is 5.13 Å². The van der Waals surface area contributed by atoms with Crippen molar-refractivity contribution in [2.45, 2.75) is 18.9 Å². The van der Waals surface area contributed by atoms with Gasteiger partial charge in [0.1, 0.15) is 11.6 Å². The molecule has 2 aliphatic carbocycles. The van der Waals surface area contributed by atoms with E-state index in [9.17, 15) is 14.4 Å². The molecule has 1 aromatic carbocycles. The van der Waals surface area contributed by atoms with Crippen molar-refractivity contribution in [2.24, 2.45) is 23.7 Å². The molecule has 2 aromatic rings. The van der Waals surface area contributed by atoms with Crippen molar-refractivity contribution in [1.82, 2.24) is 15.1 Å². The van der Waals surface area contributed by atoms with Crippen LogP contribution >= 0.6 is 11.3 Å². The number of likely N-dealkylation sites (tertiary alicyclic amines) is 1. The van der Waals surface area contributed by atoms with Crippen LogP contribution in [-0.2, 0) is 20.8 Å². The highest BCUT2D eigenvalue weighted by Crippen LogP contribution is 2.53. The van der Waals surface area contributed by atoms with E-state index in [1.165, 1.54) is 21.7 Å². The molecule has 8 heteroatoms. The van der Waals surface area contributed by atoms with E-state index in [1.54, 1.807) is 0 Å². The molecule has 28 heavy (non-hydrogen) atoms. The Morgan fingerprint density at radius 2 is 1.82 bits per heavy atom. The van der Waals surface area contributed by atoms with Crippen LogP contribution < -0.4 is 5.32 Å². The molecular formula is C20H18N4O3S. The van der Waals surface area contributed by atoms with Gasteiger partial charge in [-0.15, -0.1) is 10.2 Å². The van der Waals surface area contributed by atoms with Gasteiger partial charge in [-0.2, -0.15) is 0 Å². The summed E-state index contributed by atoms with van der Waals surface area (Å²) >= 11 is 1.19. The molecule has 2 fully saturated rings. The summed E-state index contributed by atoms with van der Waals surface area (Å²) in [4.78, 5) is 40.7. The van der Waals surface area contributed by atoms with Gasteiger partial charge in [0.2, 0.25) is 22.9 Å². The van der Waals surface area contributed by atoms with Gasteiger partial charge in [0, 0.05) is 6.42 Å².